The van der Waals surface area contributed by atoms with Gasteiger partial charge >= 0.3 is 6.09 Å². The van der Waals surface area contributed by atoms with Crippen LogP contribution in [-0.2, 0) is 4.74 Å². The molecule has 1 fully saturated rings. The van der Waals surface area contributed by atoms with Gasteiger partial charge in [0, 0.05) is 30.5 Å². The summed E-state index contributed by atoms with van der Waals surface area (Å²) in [5.74, 6) is 0.411. The zero-order valence-corrected chi connectivity index (χ0v) is 15.7. The molecule has 1 aliphatic heterocycles. The number of nitrogens with zero attached hydrogens (tertiary/aromatic N) is 1. The second kappa shape index (κ2) is 7.40. The molecule has 0 aliphatic carbocycles. The van der Waals surface area contributed by atoms with Gasteiger partial charge in [-0.15, -0.1) is 0 Å². The minimum absolute atomic E-state index is 0.0414. The number of piperidine rings is 1. The van der Waals surface area contributed by atoms with Crippen LogP contribution in [0.4, 0.5) is 4.79 Å². The second-order valence-electron chi connectivity index (χ2n) is 7.89. The lowest BCUT2D eigenvalue weighted by molar-refractivity contribution is 0.0500. The van der Waals surface area contributed by atoms with Crippen LogP contribution in [0.2, 0.25) is 0 Å². The summed E-state index contributed by atoms with van der Waals surface area (Å²) in [6.45, 7) is 7.54. The fourth-order valence-corrected chi connectivity index (χ4v) is 3.24. The van der Waals surface area contributed by atoms with Gasteiger partial charge in [0.2, 0.25) is 0 Å². The number of hydrogen-bond donors (Lipinski definition) is 2. The number of rotatable bonds is 3. The summed E-state index contributed by atoms with van der Waals surface area (Å²) < 4.78 is 5.26. The maximum Gasteiger partial charge on any atom is 0.407 e. The SMILES string of the molecule is CC(C)(C)OC(=O)NCC1CCN(C(=O)c2cc3ccccc3[nH]2)CC1. The van der Waals surface area contributed by atoms with Crippen LogP contribution < -0.4 is 5.32 Å². The van der Waals surface area contributed by atoms with Gasteiger partial charge < -0.3 is 19.9 Å². The summed E-state index contributed by atoms with van der Waals surface area (Å²) in [6.07, 6.45) is 1.37. The van der Waals surface area contributed by atoms with Crippen molar-refractivity contribution in [3.05, 3.63) is 36.0 Å². The summed E-state index contributed by atoms with van der Waals surface area (Å²) in [5.41, 5.74) is 1.13. The van der Waals surface area contributed by atoms with E-state index >= 15 is 0 Å². The summed E-state index contributed by atoms with van der Waals surface area (Å²) >= 11 is 0. The number of aromatic amines is 1. The van der Waals surface area contributed by atoms with Crippen molar-refractivity contribution in [3.63, 3.8) is 0 Å². The van der Waals surface area contributed by atoms with Crippen molar-refractivity contribution in [1.29, 1.82) is 0 Å². The Morgan fingerprint density at radius 1 is 1.23 bits per heavy atom. The van der Waals surface area contributed by atoms with E-state index in [0.29, 0.717) is 31.2 Å². The van der Waals surface area contributed by atoms with Gasteiger partial charge in [0.1, 0.15) is 11.3 Å². The number of benzene rings is 1. The number of carbonyl (C=O) groups is 2. The van der Waals surface area contributed by atoms with Gasteiger partial charge in [-0.2, -0.15) is 0 Å². The summed E-state index contributed by atoms with van der Waals surface area (Å²) in [4.78, 5) is 29.5. The molecule has 6 heteroatoms. The van der Waals surface area contributed by atoms with E-state index < -0.39 is 5.60 Å². The quantitative estimate of drug-likeness (QED) is 0.882. The van der Waals surface area contributed by atoms with Crippen LogP contribution in [0.25, 0.3) is 10.9 Å². The Morgan fingerprint density at radius 3 is 2.58 bits per heavy atom. The lowest BCUT2D eigenvalue weighted by Gasteiger charge is -2.32. The molecular weight excluding hydrogens is 330 g/mol. The molecule has 0 saturated carbocycles. The van der Waals surface area contributed by atoms with Gasteiger partial charge in [0.15, 0.2) is 0 Å². The summed E-state index contributed by atoms with van der Waals surface area (Å²) in [5, 5.41) is 3.88. The maximum absolute atomic E-state index is 12.7. The molecule has 26 heavy (non-hydrogen) atoms. The van der Waals surface area contributed by atoms with Gasteiger partial charge in [-0.1, -0.05) is 18.2 Å². The number of nitrogens with one attached hydrogen (secondary N) is 2. The van der Waals surface area contributed by atoms with Crippen LogP contribution in [0, 0.1) is 5.92 Å². The molecule has 2 heterocycles. The molecule has 0 unspecified atom stereocenters. The smallest absolute Gasteiger partial charge is 0.407 e. The molecule has 1 saturated heterocycles. The highest BCUT2D eigenvalue weighted by Gasteiger charge is 2.25. The fraction of sp³-hybridized carbons (Fsp3) is 0.500. The topological polar surface area (TPSA) is 74.4 Å². The first-order valence-corrected chi connectivity index (χ1v) is 9.16. The molecule has 0 bridgehead atoms. The lowest BCUT2D eigenvalue weighted by atomic mass is 9.96. The first-order chi connectivity index (χ1) is 12.3. The number of amides is 2. The van der Waals surface area contributed by atoms with Crippen LogP contribution in [0.5, 0.6) is 0 Å². The van der Waals surface area contributed by atoms with Crippen LogP contribution in [-0.4, -0.2) is 47.1 Å². The van der Waals surface area contributed by atoms with Crippen molar-refractivity contribution in [1.82, 2.24) is 15.2 Å². The molecule has 1 aromatic heterocycles. The average molecular weight is 357 g/mol. The van der Waals surface area contributed by atoms with E-state index in [2.05, 4.69) is 10.3 Å². The van der Waals surface area contributed by atoms with Crippen molar-refractivity contribution >= 4 is 22.9 Å². The number of hydrogen-bond acceptors (Lipinski definition) is 3. The molecule has 2 aromatic rings. The van der Waals surface area contributed by atoms with E-state index in [1.54, 1.807) is 0 Å². The van der Waals surface area contributed by atoms with E-state index in [1.165, 1.54) is 0 Å². The summed E-state index contributed by atoms with van der Waals surface area (Å²) in [6, 6.07) is 9.80. The highest BCUT2D eigenvalue weighted by Crippen LogP contribution is 2.21. The largest absolute Gasteiger partial charge is 0.444 e. The zero-order valence-electron chi connectivity index (χ0n) is 15.7. The molecule has 2 N–H and O–H groups in total. The van der Waals surface area contributed by atoms with E-state index in [-0.39, 0.29) is 12.0 Å². The van der Waals surface area contributed by atoms with Crippen molar-refractivity contribution in [2.75, 3.05) is 19.6 Å². The van der Waals surface area contributed by atoms with Crippen LogP contribution in [0.15, 0.2) is 30.3 Å². The van der Waals surface area contributed by atoms with Crippen LogP contribution in [0.1, 0.15) is 44.1 Å². The molecule has 140 valence electrons. The third-order valence-electron chi connectivity index (χ3n) is 4.60. The predicted octanol–water partition coefficient (Wildman–Crippen LogP) is 3.54. The molecule has 0 radical (unpaired) electrons. The molecule has 2 amide bonds. The van der Waals surface area contributed by atoms with Crippen LogP contribution >= 0.6 is 0 Å². The Balaban J connectivity index is 1.49. The lowest BCUT2D eigenvalue weighted by Crippen LogP contribution is -2.42. The third-order valence-corrected chi connectivity index (χ3v) is 4.60. The first-order valence-electron chi connectivity index (χ1n) is 9.16. The van der Waals surface area contributed by atoms with E-state index in [4.69, 9.17) is 4.74 Å². The van der Waals surface area contributed by atoms with Crippen molar-refractivity contribution in [2.45, 2.75) is 39.2 Å². The molecule has 0 atom stereocenters. The van der Waals surface area contributed by atoms with Crippen molar-refractivity contribution in [3.8, 4) is 0 Å². The third kappa shape index (κ3) is 4.56. The molecule has 6 nitrogen and oxygen atoms in total. The zero-order chi connectivity index (χ0) is 18.7. The number of likely N-dealkylation sites (tertiary alicyclic amines) is 1. The summed E-state index contributed by atoms with van der Waals surface area (Å²) in [7, 11) is 0. The maximum atomic E-state index is 12.7. The number of aromatic nitrogens is 1. The monoisotopic (exact) mass is 357 g/mol. The van der Waals surface area contributed by atoms with E-state index in [0.717, 1.165) is 23.7 Å². The second-order valence-corrected chi connectivity index (χ2v) is 7.89. The number of ether oxygens (including phenoxy) is 1. The van der Waals surface area contributed by atoms with Gasteiger partial charge in [-0.05, 0) is 51.7 Å². The Labute approximate surface area is 153 Å². The Kier molecular flexibility index (Phi) is 5.20. The molecule has 1 aromatic carbocycles. The Morgan fingerprint density at radius 2 is 1.92 bits per heavy atom. The number of para-hydroxylation sites is 1. The van der Waals surface area contributed by atoms with Crippen molar-refractivity contribution in [2.24, 2.45) is 5.92 Å². The van der Waals surface area contributed by atoms with E-state index in [9.17, 15) is 9.59 Å². The highest BCUT2D eigenvalue weighted by molar-refractivity contribution is 5.98. The first kappa shape index (κ1) is 18.3. The minimum Gasteiger partial charge on any atom is -0.444 e. The molecule has 1 aliphatic rings. The van der Waals surface area contributed by atoms with Gasteiger partial charge in [0.25, 0.3) is 5.91 Å². The Hall–Kier alpha value is -2.50. The van der Waals surface area contributed by atoms with Crippen LogP contribution in [0.3, 0.4) is 0 Å². The molecule has 3 rings (SSSR count). The van der Waals surface area contributed by atoms with E-state index in [1.807, 2.05) is 56.0 Å². The number of carbonyl (C=O) groups excluding carboxylic acids is 2. The van der Waals surface area contributed by atoms with Gasteiger partial charge in [-0.25, -0.2) is 4.79 Å². The Bertz CT molecular complexity index is 750. The molecule has 0 spiro atoms. The number of fused-ring (bicyclic) bond motifs is 1. The fourth-order valence-electron chi connectivity index (χ4n) is 3.24. The minimum atomic E-state index is -0.487. The normalized spacial score (nSPS) is 15.9. The number of H-pyrrole nitrogens is 1. The number of alkyl carbamates (subject to hydrolysis) is 1. The van der Waals surface area contributed by atoms with Crippen molar-refractivity contribution < 1.29 is 14.3 Å². The average Bonchev–Trinajstić information content (AvgIpc) is 3.02. The van der Waals surface area contributed by atoms with Gasteiger partial charge in [0.05, 0.1) is 0 Å². The molecular formula is C20H27N3O3. The highest BCUT2D eigenvalue weighted by atomic mass is 16.6. The standard InChI is InChI=1S/C20H27N3O3/c1-20(2,3)26-19(25)21-13-14-8-10-23(11-9-14)18(24)17-12-15-6-4-5-7-16(15)22-17/h4-7,12,14,22H,8-11,13H2,1-3H3,(H,21,25). The predicted molar refractivity (Wildman–Crippen MR) is 101 cm³/mol. The van der Waals surface area contributed by atoms with Gasteiger partial charge in [-0.3, -0.25) is 4.79 Å².